The number of hydrogen-bond acceptors (Lipinski definition) is 5. The van der Waals surface area contributed by atoms with E-state index in [4.69, 9.17) is 26.8 Å². The molecule has 0 aliphatic heterocycles. The highest BCUT2D eigenvalue weighted by Crippen LogP contribution is 2.38. The molecule has 0 aliphatic rings. The van der Waals surface area contributed by atoms with Crippen LogP contribution in [0.3, 0.4) is 0 Å². The minimum atomic E-state index is -0.466. The van der Waals surface area contributed by atoms with Crippen molar-refractivity contribution in [2.24, 2.45) is 0 Å². The van der Waals surface area contributed by atoms with Gasteiger partial charge < -0.3 is 15.2 Å². The number of anilines is 1. The van der Waals surface area contributed by atoms with E-state index in [0.717, 1.165) is 0 Å². The van der Waals surface area contributed by atoms with Gasteiger partial charge in [-0.2, -0.15) is 0 Å². The van der Waals surface area contributed by atoms with Gasteiger partial charge in [-0.15, -0.1) is 0 Å². The van der Waals surface area contributed by atoms with Gasteiger partial charge in [-0.3, -0.25) is 0 Å². The lowest BCUT2D eigenvalue weighted by molar-refractivity contribution is 0.378. The predicted molar refractivity (Wildman–Crippen MR) is 89.9 cm³/mol. The van der Waals surface area contributed by atoms with Gasteiger partial charge in [0.15, 0.2) is 28.3 Å². The summed E-state index contributed by atoms with van der Waals surface area (Å²) in [7, 11) is 1.52. The molecular weight excluding hydrogens is 333 g/mol. The maximum absolute atomic E-state index is 13.9. The standard InChI is InChI=1S/C17H13ClFN3O2/c1-23-12-8-4-5-9-13(12)24-14-15(18)21-17(22-16(14)20)10-6-2-3-7-11(10)19/h2-9H,1H3,(H2,20,21,22). The summed E-state index contributed by atoms with van der Waals surface area (Å²) in [6, 6.07) is 13.1. The first-order chi connectivity index (χ1) is 11.6. The van der Waals surface area contributed by atoms with Gasteiger partial charge >= 0.3 is 0 Å². The Morgan fingerprint density at radius 1 is 1.00 bits per heavy atom. The lowest BCUT2D eigenvalue weighted by Gasteiger charge is -2.13. The summed E-state index contributed by atoms with van der Waals surface area (Å²) in [6.45, 7) is 0. The van der Waals surface area contributed by atoms with Crippen LogP contribution in [0.5, 0.6) is 17.2 Å². The highest BCUT2D eigenvalue weighted by molar-refractivity contribution is 6.31. The third-order valence-electron chi connectivity index (χ3n) is 3.25. The molecule has 0 saturated heterocycles. The zero-order valence-corrected chi connectivity index (χ0v) is 13.4. The van der Waals surface area contributed by atoms with Crippen molar-refractivity contribution in [1.82, 2.24) is 9.97 Å². The van der Waals surface area contributed by atoms with Gasteiger partial charge in [0.1, 0.15) is 5.82 Å². The molecule has 0 amide bonds. The van der Waals surface area contributed by atoms with E-state index in [1.165, 1.54) is 13.2 Å². The molecule has 5 nitrogen and oxygen atoms in total. The lowest BCUT2D eigenvalue weighted by Crippen LogP contribution is -2.02. The topological polar surface area (TPSA) is 70.3 Å². The van der Waals surface area contributed by atoms with E-state index in [-0.39, 0.29) is 28.1 Å². The smallest absolute Gasteiger partial charge is 0.206 e. The number of nitrogen functional groups attached to an aromatic ring is 1. The molecule has 3 rings (SSSR count). The first-order valence-electron chi connectivity index (χ1n) is 6.99. The molecule has 0 aliphatic carbocycles. The average Bonchev–Trinajstić information content (AvgIpc) is 2.58. The van der Waals surface area contributed by atoms with Crippen LogP contribution in [0.2, 0.25) is 5.15 Å². The van der Waals surface area contributed by atoms with Gasteiger partial charge in [-0.1, -0.05) is 35.9 Å². The van der Waals surface area contributed by atoms with Gasteiger partial charge in [0.05, 0.1) is 12.7 Å². The number of rotatable bonds is 4. The van der Waals surface area contributed by atoms with Crippen LogP contribution in [-0.4, -0.2) is 17.1 Å². The summed E-state index contributed by atoms with van der Waals surface area (Å²) < 4.78 is 24.8. The number of halogens is 2. The number of hydrogen-bond donors (Lipinski definition) is 1. The molecule has 24 heavy (non-hydrogen) atoms. The third-order valence-corrected chi connectivity index (χ3v) is 3.50. The Morgan fingerprint density at radius 2 is 1.67 bits per heavy atom. The molecule has 0 atom stereocenters. The Labute approximate surface area is 142 Å². The van der Waals surface area contributed by atoms with Crippen molar-refractivity contribution in [3.63, 3.8) is 0 Å². The first kappa shape index (κ1) is 16.0. The van der Waals surface area contributed by atoms with E-state index < -0.39 is 5.82 Å². The van der Waals surface area contributed by atoms with Gasteiger partial charge in [0.25, 0.3) is 0 Å². The fourth-order valence-corrected chi connectivity index (χ4v) is 2.33. The Bertz CT molecular complexity index is 866. The number of nitrogens with two attached hydrogens (primary N) is 1. The minimum absolute atomic E-state index is 0.000779. The molecule has 0 radical (unpaired) electrons. The third kappa shape index (κ3) is 3.09. The van der Waals surface area contributed by atoms with Crippen LogP contribution < -0.4 is 15.2 Å². The Morgan fingerprint density at radius 3 is 2.33 bits per heavy atom. The Kier molecular flexibility index (Phi) is 4.48. The number of ether oxygens (including phenoxy) is 2. The summed E-state index contributed by atoms with van der Waals surface area (Å²) in [5.41, 5.74) is 6.13. The summed E-state index contributed by atoms with van der Waals surface area (Å²) in [6.07, 6.45) is 0. The van der Waals surface area contributed by atoms with Gasteiger partial charge in [-0.25, -0.2) is 14.4 Å². The summed E-state index contributed by atoms with van der Waals surface area (Å²) >= 11 is 6.16. The molecule has 1 aromatic heterocycles. The highest BCUT2D eigenvalue weighted by Gasteiger charge is 2.17. The maximum Gasteiger partial charge on any atom is 0.206 e. The Balaban J connectivity index is 2.01. The number of aromatic nitrogens is 2. The van der Waals surface area contributed by atoms with Crippen LogP contribution in [0.1, 0.15) is 0 Å². The summed E-state index contributed by atoms with van der Waals surface area (Å²) in [4.78, 5) is 8.18. The molecule has 2 N–H and O–H groups in total. The van der Waals surface area contributed by atoms with Crippen LogP contribution in [0, 0.1) is 5.82 Å². The molecule has 1 heterocycles. The van der Waals surface area contributed by atoms with E-state index >= 15 is 0 Å². The van der Waals surface area contributed by atoms with Gasteiger partial charge in [0.2, 0.25) is 5.75 Å². The fraction of sp³-hybridized carbons (Fsp3) is 0.0588. The number of nitrogens with zero attached hydrogens (tertiary/aromatic N) is 2. The monoisotopic (exact) mass is 345 g/mol. The van der Waals surface area contributed by atoms with Crippen LogP contribution in [0.25, 0.3) is 11.4 Å². The molecule has 122 valence electrons. The van der Waals surface area contributed by atoms with Gasteiger partial charge in [-0.05, 0) is 24.3 Å². The van der Waals surface area contributed by atoms with Crippen molar-refractivity contribution in [3.05, 3.63) is 59.5 Å². The van der Waals surface area contributed by atoms with Gasteiger partial charge in [0, 0.05) is 0 Å². The van der Waals surface area contributed by atoms with E-state index in [2.05, 4.69) is 9.97 Å². The molecule has 2 aromatic carbocycles. The normalized spacial score (nSPS) is 10.5. The molecule has 3 aromatic rings. The Hall–Kier alpha value is -2.86. The zero-order chi connectivity index (χ0) is 17.1. The fourth-order valence-electron chi connectivity index (χ4n) is 2.11. The van der Waals surface area contributed by atoms with E-state index in [1.807, 2.05) is 0 Å². The van der Waals surface area contributed by atoms with Crippen molar-refractivity contribution in [2.75, 3.05) is 12.8 Å². The molecular formula is C17H13ClFN3O2. The SMILES string of the molecule is COc1ccccc1Oc1c(N)nc(-c2ccccc2F)nc1Cl. The summed E-state index contributed by atoms with van der Waals surface area (Å²) in [5, 5.41) is -0.0216. The lowest BCUT2D eigenvalue weighted by atomic mass is 10.2. The molecule has 7 heteroatoms. The van der Waals surface area contributed by atoms with E-state index in [1.54, 1.807) is 42.5 Å². The van der Waals surface area contributed by atoms with Crippen LogP contribution in [0.15, 0.2) is 48.5 Å². The number of benzene rings is 2. The number of methoxy groups -OCH3 is 1. The van der Waals surface area contributed by atoms with Crippen molar-refractivity contribution in [3.8, 4) is 28.6 Å². The van der Waals surface area contributed by atoms with Crippen molar-refractivity contribution in [1.29, 1.82) is 0 Å². The molecule has 0 fully saturated rings. The van der Waals surface area contributed by atoms with Crippen LogP contribution >= 0.6 is 11.6 Å². The second kappa shape index (κ2) is 6.72. The average molecular weight is 346 g/mol. The van der Waals surface area contributed by atoms with Crippen molar-refractivity contribution >= 4 is 17.4 Å². The zero-order valence-electron chi connectivity index (χ0n) is 12.7. The largest absolute Gasteiger partial charge is 0.493 e. The molecule has 0 bridgehead atoms. The van der Waals surface area contributed by atoms with E-state index in [0.29, 0.717) is 11.5 Å². The predicted octanol–water partition coefficient (Wildman–Crippen LogP) is 4.32. The minimum Gasteiger partial charge on any atom is -0.493 e. The molecule has 0 saturated carbocycles. The van der Waals surface area contributed by atoms with Crippen molar-refractivity contribution < 1.29 is 13.9 Å². The summed E-state index contributed by atoms with van der Waals surface area (Å²) in [5.74, 6) is 0.622. The van der Waals surface area contributed by atoms with Crippen LogP contribution in [0.4, 0.5) is 10.2 Å². The second-order valence-corrected chi connectivity index (χ2v) is 5.14. The van der Waals surface area contributed by atoms with E-state index in [9.17, 15) is 4.39 Å². The number of para-hydroxylation sites is 2. The quantitative estimate of drug-likeness (QED) is 0.713. The van der Waals surface area contributed by atoms with Crippen molar-refractivity contribution in [2.45, 2.75) is 0 Å². The highest BCUT2D eigenvalue weighted by atomic mass is 35.5. The van der Waals surface area contributed by atoms with Crippen LogP contribution in [-0.2, 0) is 0 Å². The maximum atomic E-state index is 13.9. The first-order valence-corrected chi connectivity index (χ1v) is 7.36. The molecule has 0 spiro atoms. The second-order valence-electron chi connectivity index (χ2n) is 4.79. The molecule has 0 unspecified atom stereocenters.